The van der Waals surface area contributed by atoms with Gasteiger partial charge in [0.15, 0.2) is 0 Å². The highest BCUT2D eigenvalue weighted by Crippen LogP contribution is 2.52. The first-order valence-electron chi connectivity index (χ1n) is 13.0. The standard InChI is InChI=1S/C34H24N2S/c1-3-14-27-24(11-1)25-12-2-4-15-28(25)33-32(27)35-20-30(36-33)22-10-7-9-21(19-22)23-16-8-17-29-26-13-5-6-18-31(26)37-34(23)29/h1-4,6-12,14-20,23,34H,5,13H2. The fourth-order valence-corrected chi connectivity index (χ4v) is 7.76. The second-order valence-electron chi connectivity index (χ2n) is 10.0. The van der Waals surface area contributed by atoms with Crippen LogP contribution in [0.5, 0.6) is 0 Å². The van der Waals surface area contributed by atoms with Crippen LogP contribution in [0.1, 0.15) is 24.3 Å². The van der Waals surface area contributed by atoms with Crippen LogP contribution in [0.2, 0.25) is 0 Å². The fraction of sp³-hybridized carbons (Fsp3) is 0.118. The summed E-state index contributed by atoms with van der Waals surface area (Å²) in [6.45, 7) is 0. The summed E-state index contributed by atoms with van der Waals surface area (Å²) in [5, 5.41) is 5.20. The number of hydrogen-bond acceptors (Lipinski definition) is 3. The van der Waals surface area contributed by atoms with Gasteiger partial charge in [0.2, 0.25) is 0 Å². The number of fused-ring (bicyclic) bond motifs is 8. The van der Waals surface area contributed by atoms with E-state index in [0.717, 1.165) is 45.9 Å². The smallest absolute Gasteiger partial charge is 0.0979 e. The average Bonchev–Trinajstić information content (AvgIpc) is 3.36. The highest BCUT2D eigenvalue weighted by atomic mass is 32.2. The first-order valence-corrected chi connectivity index (χ1v) is 13.8. The normalized spacial score (nSPS) is 20.5. The van der Waals surface area contributed by atoms with Crippen LogP contribution in [0.15, 0.2) is 125 Å². The van der Waals surface area contributed by atoms with Crippen LogP contribution >= 0.6 is 11.8 Å². The van der Waals surface area contributed by atoms with E-state index in [2.05, 4.69) is 103 Å². The van der Waals surface area contributed by atoms with Crippen molar-refractivity contribution in [2.75, 3.05) is 0 Å². The minimum atomic E-state index is 0.349. The maximum Gasteiger partial charge on any atom is 0.0979 e. The molecule has 1 aromatic heterocycles. The highest BCUT2D eigenvalue weighted by molar-refractivity contribution is 8.04. The van der Waals surface area contributed by atoms with E-state index in [0.29, 0.717) is 11.2 Å². The molecule has 2 unspecified atom stereocenters. The molecule has 8 rings (SSSR count). The summed E-state index contributed by atoms with van der Waals surface area (Å²) in [4.78, 5) is 11.7. The SMILES string of the molecule is C1=CC(c2cccc(-c3cnc4c5ccccc5c5ccccc5c4n3)c2)C2SC3=C(CCC=C3)C2=C1. The van der Waals surface area contributed by atoms with Gasteiger partial charge in [-0.05, 0) is 46.4 Å². The van der Waals surface area contributed by atoms with Crippen LogP contribution in [0.3, 0.4) is 0 Å². The molecular weight excluding hydrogens is 468 g/mol. The number of aromatic nitrogens is 2. The minimum absolute atomic E-state index is 0.349. The number of thioether (sulfide) groups is 1. The van der Waals surface area contributed by atoms with Crippen molar-refractivity contribution in [2.24, 2.45) is 0 Å². The maximum absolute atomic E-state index is 5.22. The van der Waals surface area contributed by atoms with Gasteiger partial charge in [-0.3, -0.25) is 4.98 Å². The molecule has 0 saturated heterocycles. The number of benzene rings is 4. The van der Waals surface area contributed by atoms with E-state index in [1.807, 2.05) is 18.0 Å². The van der Waals surface area contributed by atoms with Gasteiger partial charge in [0.1, 0.15) is 0 Å². The van der Waals surface area contributed by atoms with Gasteiger partial charge in [0.25, 0.3) is 0 Å². The summed E-state index contributed by atoms with van der Waals surface area (Å²) in [5.41, 5.74) is 8.39. The molecule has 4 aromatic carbocycles. The van der Waals surface area contributed by atoms with Crippen molar-refractivity contribution < 1.29 is 0 Å². The Bertz CT molecular complexity index is 1840. The van der Waals surface area contributed by atoms with Crippen molar-refractivity contribution >= 4 is 44.3 Å². The summed E-state index contributed by atoms with van der Waals surface area (Å²) in [5.74, 6) is 0.349. The van der Waals surface area contributed by atoms with E-state index < -0.39 is 0 Å². The lowest BCUT2D eigenvalue weighted by atomic mass is 9.83. The number of hydrogen-bond donors (Lipinski definition) is 0. The summed E-state index contributed by atoms with van der Waals surface area (Å²) >= 11 is 2.03. The van der Waals surface area contributed by atoms with E-state index >= 15 is 0 Å². The van der Waals surface area contributed by atoms with Crippen molar-refractivity contribution in [3.8, 4) is 11.3 Å². The first kappa shape index (κ1) is 21.2. The molecule has 3 heteroatoms. The Morgan fingerprint density at radius 1 is 0.811 bits per heavy atom. The zero-order valence-corrected chi connectivity index (χ0v) is 21.1. The van der Waals surface area contributed by atoms with Crippen LogP contribution in [-0.4, -0.2) is 15.2 Å². The van der Waals surface area contributed by atoms with Crippen molar-refractivity contribution in [2.45, 2.75) is 24.0 Å². The van der Waals surface area contributed by atoms with Gasteiger partial charge in [-0.2, -0.15) is 0 Å². The quantitative estimate of drug-likeness (QED) is 0.230. The molecule has 1 aliphatic heterocycles. The van der Waals surface area contributed by atoms with Gasteiger partial charge in [0.05, 0.1) is 22.9 Å². The van der Waals surface area contributed by atoms with E-state index in [4.69, 9.17) is 9.97 Å². The summed E-state index contributed by atoms with van der Waals surface area (Å²) in [6.07, 6.45) is 15.9. The highest BCUT2D eigenvalue weighted by Gasteiger charge is 2.36. The molecule has 0 amide bonds. The predicted molar refractivity (Wildman–Crippen MR) is 157 cm³/mol. The van der Waals surface area contributed by atoms with Gasteiger partial charge in [-0.25, -0.2) is 4.98 Å². The monoisotopic (exact) mass is 492 g/mol. The minimum Gasteiger partial charge on any atom is -0.252 e. The molecule has 2 atom stereocenters. The van der Waals surface area contributed by atoms with Crippen molar-refractivity contribution in [3.05, 3.63) is 131 Å². The first-order chi connectivity index (χ1) is 18.3. The van der Waals surface area contributed by atoms with Crippen LogP contribution in [-0.2, 0) is 0 Å². The number of allylic oxidation sites excluding steroid dienone is 6. The lowest BCUT2D eigenvalue weighted by Crippen LogP contribution is -2.16. The van der Waals surface area contributed by atoms with Gasteiger partial charge in [-0.1, -0.05) is 97.1 Å². The van der Waals surface area contributed by atoms with E-state index in [-0.39, 0.29) is 0 Å². The Hall–Kier alpha value is -3.95. The molecule has 0 N–H and O–H groups in total. The second-order valence-corrected chi connectivity index (χ2v) is 11.2. The van der Waals surface area contributed by atoms with Crippen molar-refractivity contribution in [1.29, 1.82) is 0 Å². The Kier molecular flexibility index (Phi) is 4.74. The largest absolute Gasteiger partial charge is 0.252 e. The number of nitrogens with zero attached hydrogens (tertiary/aromatic N) is 2. The molecule has 0 bridgehead atoms. The molecule has 2 aliphatic carbocycles. The number of rotatable bonds is 2. The van der Waals surface area contributed by atoms with Crippen LogP contribution in [0, 0.1) is 0 Å². The second kappa shape index (κ2) is 8.29. The zero-order valence-electron chi connectivity index (χ0n) is 20.3. The molecular formula is C34H24N2S. The van der Waals surface area contributed by atoms with Crippen molar-refractivity contribution in [3.63, 3.8) is 0 Å². The summed E-state index contributed by atoms with van der Waals surface area (Å²) in [7, 11) is 0. The van der Waals surface area contributed by atoms with Gasteiger partial charge >= 0.3 is 0 Å². The van der Waals surface area contributed by atoms with E-state index in [1.165, 1.54) is 26.8 Å². The molecule has 37 heavy (non-hydrogen) atoms. The van der Waals surface area contributed by atoms with E-state index in [9.17, 15) is 0 Å². The van der Waals surface area contributed by atoms with Gasteiger partial charge in [0, 0.05) is 32.4 Å². The predicted octanol–water partition coefficient (Wildman–Crippen LogP) is 8.90. The Morgan fingerprint density at radius 3 is 2.43 bits per heavy atom. The van der Waals surface area contributed by atoms with Crippen LogP contribution < -0.4 is 0 Å². The zero-order chi connectivity index (χ0) is 24.3. The summed E-state index contributed by atoms with van der Waals surface area (Å²) < 4.78 is 0. The molecule has 0 fully saturated rings. The Labute approximate surface area is 220 Å². The van der Waals surface area contributed by atoms with E-state index in [1.54, 1.807) is 5.57 Å². The molecule has 0 radical (unpaired) electrons. The van der Waals surface area contributed by atoms with Gasteiger partial charge < -0.3 is 0 Å². The molecule has 2 nitrogen and oxygen atoms in total. The lowest BCUT2D eigenvalue weighted by Gasteiger charge is -2.26. The average molecular weight is 493 g/mol. The van der Waals surface area contributed by atoms with Crippen molar-refractivity contribution in [1.82, 2.24) is 9.97 Å². The third-order valence-electron chi connectivity index (χ3n) is 7.95. The van der Waals surface area contributed by atoms with Crippen LogP contribution in [0.25, 0.3) is 43.8 Å². The lowest BCUT2D eigenvalue weighted by molar-refractivity contribution is 0.829. The third kappa shape index (κ3) is 3.27. The van der Waals surface area contributed by atoms with Gasteiger partial charge in [-0.15, -0.1) is 11.8 Å². The third-order valence-corrected chi connectivity index (χ3v) is 9.39. The fourth-order valence-electron chi connectivity index (χ4n) is 6.21. The van der Waals surface area contributed by atoms with Crippen LogP contribution in [0.4, 0.5) is 0 Å². The molecule has 0 saturated carbocycles. The molecule has 2 heterocycles. The Morgan fingerprint density at radius 2 is 1.59 bits per heavy atom. The Balaban J connectivity index is 1.24. The molecule has 176 valence electrons. The molecule has 3 aliphatic rings. The topological polar surface area (TPSA) is 25.8 Å². The summed E-state index contributed by atoms with van der Waals surface area (Å²) in [6, 6.07) is 26.0. The molecule has 5 aromatic rings. The molecule has 0 spiro atoms. The maximum atomic E-state index is 5.22.